The van der Waals surface area contributed by atoms with E-state index in [0.29, 0.717) is 0 Å². The van der Waals surface area contributed by atoms with E-state index in [1.165, 1.54) is 0 Å². The van der Waals surface area contributed by atoms with E-state index in [1.54, 1.807) is 6.92 Å². The summed E-state index contributed by atoms with van der Waals surface area (Å²) in [5.74, 6) is 1.44. The van der Waals surface area contributed by atoms with Crippen LogP contribution in [0.5, 0.6) is 11.5 Å². The molecule has 0 aliphatic rings. The highest BCUT2D eigenvalue weighted by molar-refractivity contribution is 5.34. The van der Waals surface area contributed by atoms with E-state index >= 15 is 0 Å². The van der Waals surface area contributed by atoms with Crippen LogP contribution in [0.1, 0.15) is 24.2 Å². The molecular formula is C15H16O3. The highest BCUT2D eigenvalue weighted by Crippen LogP contribution is 2.23. The molecule has 0 radical (unpaired) electrons. The Balaban J connectivity index is 2.08. The van der Waals surface area contributed by atoms with Gasteiger partial charge in [-0.3, -0.25) is 0 Å². The molecule has 0 fully saturated rings. The maximum Gasteiger partial charge on any atom is 0.127 e. The van der Waals surface area contributed by atoms with Crippen molar-refractivity contribution in [3.8, 4) is 11.5 Å². The fourth-order valence-electron chi connectivity index (χ4n) is 1.61. The zero-order chi connectivity index (χ0) is 13.0. The minimum atomic E-state index is -0.470. The van der Waals surface area contributed by atoms with Crippen LogP contribution >= 0.6 is 0 Å². The van der Waals surface area contributed by atoms with E-state index in [9.17, 15) is 5.11 Å². The molecule has 0 aliphatic heterocycles. The van der Waals surface area contributed by atoms with Gasteiger partial charge in [0.2, 0.25) is 0 Å². The van der Waals surface area contributed by atoms with Gasteiger partial charge in [0.15, 0.2) is 0 Å². The SMILES string of the molecule is CC(O)c1ccc(Oc2ccc(CO)cc2)cc1. The molecule has 0 saturated carbocycles. The standard InChI is InChI=1S/C15H16O3/c1-11(17)13-4-8-15(9-5-13)18-14-6-2-12(10-16)3-7-14/h2-9,11,16-17H,10H2,1H3. The molecule has 3 nitrogen and oxygen atoms in total. The molecule has 3 heteroatoms. The van der Waals surface area contributed by atoms with Crippen molar-refractivity contribution < 1.29 is 14.9 Å². The average molecular weight is 244 g/mol. The van der Waals surface area contributed by atoms with Crippen LogP contribution in [0.25, 0.3) is 0 Å². The van der Waals surface area contributed by atoms with Crippen molar-refractivity contribution in [1.29, 1.82) is 0 Å². The van der Waals surface area contributed by atoms with Gasteiger partial charge in [-0.25, -0.2) is 0 Å². The topological polar surface area (TPSA) is 49.7 Å². The first kappa shape index (κ1) is 12.6. The molecular weight excluding hydrogens is 228 g/mol. The molecule has 1 atom stereocenters. The van der Waals surface area contributed by atoms with Gasteiger partial charge >= 0.3 is 0 Å². The summed E-state index contributed by atoms with van der Waals surface area (Å²) in [4.78, 5) is 0. The van der Waals surface area contributed by atoms with Crippen molar-refractivity contribution in [1.82, 2.24) is 0 Å². The van der Waals surface area contributed by atoms with Gasteiger partial charge < -0.3 is 14.9 Å². The number of hydrogen-bond acceptors (Lipinski definition) is 3. The Bertz CT molecular complexity index is 486. The predicted molar refractivity (Wildman–Crippen MR) is 69.5 cm³/mol. The molecule has 2 N–H and O–H groups in total. The van der Waals surface area contributed by atoms with E-state index in [-0.39, 0.29) is 6.61 Å². The lowest BCUT2D eigenvalue weighted by molar-refractivity contribution is 0.199. The van der Waals surface area contributed by atoms with Crippen LogP contribution in [-0.4, -0.2) is 10.2 Å². The molecule has 0 spiro atoms. The van der Waals surface area contributed by atoms with Crippen molar-refractivity contribution in [3.05, 3.63) is 59.7 Å². The molecule has 0 bridgehead atoms. The summed E-state index contributed by atoms with van der Waals surface area (Å²) >= 11 is 0. The van der Waals surface area contributed by atoms with Crippen molar-refractivity contribution >= 4 is 0 Å². The van der Waals surface area contributed by atoms with Gasteiger partial charge in [0.05, 0.1) is 12.7 Å². The molecule has 0 saturated heterocycles. The van der Waals surface area contributed by atoms with E-state index in [0.717, 1.165) is 22.6 Å². The predicted octanol–water partition coefficient (Wildman–Crippen LogP) is 3.02. The van der Waals surface area contributed by atoms with E-state index in [2.05, 4.69) is 0 Å². The Morgan fingerprint density at radius 1 is 0.944 bits per heavy atom. The van der Waals surface area contributed by atoms with E-state index in [4.69, 9.17) is 9.84 Å². The molecule has 2 aromatic rings. The zero-order valence-electron chi connectivity index (χ0n) is 10.2. The monoisotopic (exact) mass is 244 g/mol. The summed E-state index contributed by atoms with van der Waals surface area (Å²) in [6, 6.07) is 14.6. The van der Waals surface area contributed by atoms with Crippen molar-refractivity contribution in [2.75, 3.05) is 0 Å². The Kier molecular flexibility index (Phi) is 3.97. The van der Waals surface area contributed by atoms with Gasteiger partial charge in [0.1, 0.15) is 11.5 Å². The minimum Gasteiger partial charge on any atom is -0.457 e. The largest absolute Gasteiger partial charge is 0.457 e. The van der Waals surface area contributed by atoms with Gasteiger partial charge in [-0.2, -0.15) is 0 Å². The molecule has 1 unspecified atom stereocenters. The minimum absolute atomic E-state index is 0.0311. The molecule has 94 valence electrons. The van der Waals surface area contributed by atoms with Crippen LogP contribution < -0.4 is 4.74 Å². The molecule has 2 aromatic carbocycles. The highest BCUT2D eigenvalue weighted by atomic mass is 16.5. The summed E-state index contributed by atoms with van der Waals surface area (Å²) in [5.41, 5.74) is 1.71. The maximum atomic E-state index is 9.40. The second-order valence-electron chi connectivity index (χ2n) is 4.15. The fourth-order valence-corrected chi connectivity index (χ4v) is 1.61. The smallest absolute Gasteiger partial charge is 0.127 e. The summed E-state index contributed by atoms with van der Waals surface area (Å²) < 4.78 is 5.65. The maximum absolute atomic E-state index is 9.40. The molecule has 0 aromatic heterocycles. The number of aliphatic hydroxyl groups is 2. The number of ether oxygens (including phenoxy) is 1. The first-order valence-corrected chi connectivity index (χ1v) is 5.84. The van der Waals surface area contributed by atoms with Crippen LogP contribution in [0, 0.1) is 0 Å². The first-order chi connectivity index (χ1) is 8.69. The number of rotatable bonds is 4. The Labute approximate surface area is 106 Å². The van der Waals surface area contributed by atoms with Crippen molar-refractivity contribution in [2.45, 2.75) is 19.6 Å². The van der Waals surface area contributed by atoms with Crippen LogP contribution in [0.15, 0.2) is 48.5 Å². The van der Waals surface area contributed by atoms with Crippen LogP contribution in [0.3, 0.4) is 0 Å². The quantitative estimate of drug-likeness (QED) is 0.869. The number of aliphatic hydroxyl groups excluding tert-OH is 2. The van der Waals surface area contributed by atoms with E-state index in [1.807, 2.05) is 48.5 Å². The lowest BCUT2D eigenvalue weighted by Gasteiger charge is -2.08. The van der Waals surface area contributed by atoms with Crippen LogP contribution in [-0.2, 0) is 6.61 Å². The third kappa shape index (κ3) is 3.09. The summed E-state index contributed by atoms with van der Waals surface area (Å²) in [5, 5.41) is 18.3. The number of benzene rings is 2. The molecule has 0 heterocycles. The average Bonchev–Trinajstić information content (AvgIpc) is 2.40. The normalized spacial score (nSPS) is 12.2. The summed E-state index contributed by atoms with van der Waals surface area (Å²) in [7, 11) is 0. The fraction of sp³-hybridized carbons (Fsp3) is 0.200. The Hall–Kier alpha value is -1.84. The van der Waals surface area contributed by atoms with Crippen LogP contribution in [0.4, 0.5) is 0 Å². The summed E-state index contributed by atoms with van der Waals surface area (Å²) in [6.45, 7) is 1.76. The third-order valence-corrected chi connectivity index (χ3v) is 2.70. The second kappa shape index (κ2) is 5.67. The molecule has 18 heavy (non-hydrogen) atoms. The van der Waals surface area contributed by atoms with Gasteiger partial charge in [-0.05, 0) is 42.3 Å². The van der Waals surface area contributed by atoms with Crippen molar-refractivity contribution in [3.63, 3.8) is 0 Å². The molecule has 2 rings (SSSR count). The lowest BCUT2D eigenvalue weighted by Crippen LogP contribution is -1.91. The second-order valence-corrected chi connectivity index (χ2v) is 4.15. The van der Waals surface area contributed by atoms with Gasteiger partial charge in [0.25, 0.3) is 0 Å². The first-order valence-electron chi connectivity index (χ1n) is 5.84. The summed E-state index contributed by atoms with van der Waals surface area (Å²) in [6.07, 6.45) is -0.470. The number of hydrogen-bond donors (Lipinski definition) is 2. The Morgan fingerprint density at radius 2 is 1.44 bits per heavy atom. The lowest BCUT2D eigenvalue weighted by atomic mass is 10.1. The molecule has 0 aliphatic carbocycles. The van der Waals surface area contributed by atoms with Gasteiger partial charge in [-0.1, -0.05) is 24.3 Å². The van der Waals surface area contributed by atoms with E-state index < -0.39 is 6.10 Å². The molecule has 0 amide bonds. The third-order valence-electron chi connectivity index (χ3n) is 2.70. The van der Waals surface area contributed by atoms with Crippen molar-refractivity contribution in [2.24, 2.45) is 0 Å². The van der Waals surface area contributed by atoms with Gasteiger partial charge in [-0.15, -0.1) is 0 Å². The highest BCUT2D eigenvalue weighted by Gasteiger charge is 2.01. The zero-order valence-corrected chi connectivity index (χ0v) is 10.2. The Morgan fingerprint density at radius 3 is 1.89 bits per heavy atom. The van der Waals surface area contributed by atoms with Gasteiger partial charge in [0, 0.05) is 0 Å². The van der Waals surface area contributed by atoms with Crippen LogP contribution in [0.2, 0.25) is 0 Å².